The fourth-order valence-electron chi connectivity index (χ4n) is 3.14. The standard InChI is InChI=1S/C14H27N3O/c1-14(2)10-17(8-7-16(14)3)13(18)11-5-4-6-12(15)9-11/h11-12H,4-10,15H2,1-3H3. The molecule has 1 saturated carbocycles. The zero-order valence-corrected chi connectivity index (χ0v) is 12.0. The first-order valence-corrected chi connectivity index (χ1v) is 7.16. The Labute approximate surface area is 110 Å². The van der Waals surface area contributed by atoms with Gasteiger partial charge in [-0.25, -0.2) is 0 Å². The first-order chi connectivity index (χ1) is 8.40. The Kier molecular flexibility index (Phi) is 3.97. The fraction of sp³-hybridized carbons (Fsp3) is 0.929. The summed E-state index contributed by atoms with van der Waals surface area (Å²) < 4.78 is 0. The topological polar surface area (TPSA) is 49.6 Å². The first-order valence-electron chi connectivity index (χ1n) is 7.16. The number of nitrogens with two attached hydrogens (primary N) is 1. The van der Waals surface area contributed by atoms with E-state index in [4.69, 9.17) is 5.73 Å². The molecule has 18 heavy (non-hydrogen) atoms. The van der Waals surface area contributed by atoms with Gasteiger partial charge in [-0.05, 0) is 40.2 Å². The van der Waals surface area contributed by atoms with E-state index in [-0.39, 0.29) is 17.5 Å². The lowest BCUT2D eigenvalue weighted by molar-refractivity contribution is -0.141. The molecule has 1 heterocycles. The molecule has 2 unspecified atom stereocenters. The molecule has 2 aliphatic rings. The number of piperazine rings is 1. The van der Waals surface area contributed by atoms with Crippen LogP contribution in [0.2, 0.25) is 0 Å². The Morgan fingerprint density at radius 1 is 1.28 bits per heavy atom. The minimum atomic E-state index is 0.0880. The van der Waals surface area contributed by atoms with E-state index in [1.165, 1.54) is 0 Å². The molecule has 2 atom stereocenters. The first kappa shape index (κ1) is 13.8. The van der Waals surface area contributed by atoms with Crippen molar-refractivity contribution in [2.24, 2.45) is 11.7 Å². The van der Waals surface area contributed by atoms with Crippen LogP contribution < -0.4 is 5.73 Å². The summed E-state index contributed by atoms with van der Waals surface area (Å²) in [6.45, 7) is 7.09. The molecule has 1 saturated heterocycles. The molecule has 0 aromatic heterocycles. The minimum absolute atomic E-state index is 0.0880. The van der Waals surface area contributed by atoms with E-state index >= 15 is 0 Å². The Morgan fingerprint density at radius 3 is 2.61 bits per heavy atom. The van der Waals surface area contributed by atoms with E-state index in [2.05, 4.69) is 30.7 Å². The van der Waals surface area contributed by atoms with Gasteiger partial charge in [-0.3, -0.25) is 9.69 Å². The number of nitrogens with zero attached hydrogens (tertiary/aromatic N) is 2. The van der Waals surface area contributed by atoms with Gasteiger partial charge in [0.25, 0.3) is 0 Å². The summed E-state index contributed by atoms with van der Waals surface area (Å²) in [5.74, 6) is 0.513. The summed E-state index contributed by atoms with van der Waals surface area (Å²) in [7, 11) is 2.14. The second kappa shape index (κ2) is 5.17. The lowest BCUT2D eigenvalue weighted by Crippen LogP contribution is -2.60. The minimum Gasteiger partial charge on any atom is -0.339 e. The van der Waals surface area contributed by atoms with E-state index in [1.54, 1.807) is 0 Å². The summed E-state index contributed by atoms with van der Waals surface area (Å²) in [6.07, 6.45) is 4.09. The summed E-state index contributed by atoms with van der Waals surface area (Å²) in [4.78, 5) is 16.9. The highest BCUT2D eigenvalue weighted by Gasteiger charge is 2.36. The van der Waals surface area contributed by atoms with Crippen molar-refractivity contribution in [3.63, 3.8) is 0 Å². The van der Waals surface area contributed by atoms with Gasteiger partial charge in [0.1, 0.15) is 0 Å². The van der Waals surface area contributed by atoms with Crippen molar-refractivity contribution in [3.05, 3.63) is 0 Å². The van der Waals surface area contributed by atoms with Crippen LogP contribution in [0, 0.1) is 5.92 Å². The molecule has 2 fully saturated rings. The molecule has 1 aliphatic carbocycles. The highest BCUT2D eigenvalue weighted by atomic mass is 16.2. The number of amides is 1. The molecular weight excluding hydrogens is 226 g/mol. The monoisotopic (exact) mass is 253 g/mol. The Bertz CT molecular complexity index is 316. The largest absolute Gasteiger partial charge is 0.339 e. The quantitative estimate of drug-likeness (QED) is 0.760. The summed E-state index contributed by atoms with van der Waals surface area (Å²) in [6, 6.07) is 0.230. The third kappa shape index (κ3) is 2.86. The molecule has 1 aliphatic heterocycles. The Hall–Kier alpha value is -0.610. The average molecular weight is 253 g/mol. The molecule has 0 bridgehead atoms. The van der Waals surface area contributed by atoms with E-state index in [1.807, 2.05) is 0 Å². The molecule has 0 aromatic rings. The number of carbonyl (C=O) groups is 1. The normalized spacial score (nSPS) is 33.4. The van der Waals surface area contributed by atoms with E-state index < -0.39 is 0 Å². The SMILES string of the molecule is CN1CCN(C(=O)C2CCCC(N)C2)CC1(C)C. The third-order valence-corrected chi connectivity index (χ3v) is 4.69. The maximum Gasteiger partial charge on any atom is 0.225 e. The summed E-state index contributed by atoms with van der Waals surface area (Å²) in [5.41, 5.74) is 6.08. The highest BCUT2D eigenvalue weighted by Crippen LogP contribution is 2.27. The molecule has 0 aromatic carbocycles. The average Bonchev–Trinajstić information content (AvgIpc) is 2.31. The van der Waals surface area contributed by atoms with Crippen molar-refractivity contribution in [1.82, 2.24) is 9.80 Å². The molecule has 2 rings (SSSR count). The van der Waals surface area contributed by atoms with Crippen LogP contribution in [-0.2, 0) is 4.79 Å². The number of hydrogen-bond acceptors (Lipinski definition) is 3. The number of likely N-dealkylation sites (N-methyl/N-ethyl adjacent to an activating group) is 1. The molecule has 4 nitrogen and oxygen atoms in total. The van der Waals surface area contributed by atoms with Crippen LogP contribution in [0.5, 0.6) is 0 Å². The van der Waals surface area contributed by atoms with E-state index in [0.29, 0.717) is 5.91 Å². The maximum absolute atomic E-state index is 12.5. The van der Waals surface area contributed by atoms with Crippen molar-refractivity contribution < 1.29 is 4.79 Å². The van der Waals surface area contributed by atoms with Crippen LogP contribution >= 0.6 is 0 Å². The van der Waals surface area contributed by atoms with Crippen LogP contribution in [-0.4, -0.2) is 54.0 Å². The third-order valence-electron chi connectivity index (χ3n) is 4.69. The van der Waals surface area contributed by atoms with Gasteiger partial charge in [-0.2, -0.15) is 0 Å². The second-order valence-electron chi connectivity index (χ2n) is 6.62. The predicted octanol–water partition coefficient (Wildman–Crippen LogP) is 1.06. The van der Waals surface area contributed by atoms with Gasteiger partial charge >= 0.3 is 0 Å². The van der Waals surface area contributed by atoms with Crippen LogP contribution in [0.4, 0.5) is 0 Å². The molecule has 1 amide bonds. The smallest absolute Gasteiger partial charge is 0.225 e. The van der Waals surface area contributed by atoms with Gasteiger partial charge in [-0.1, -0.05) is 6.42 Å². The molecule has 0 spiro atoms. The van der Waals surface area contributed by atoms with Crippen molar-refractivity contribution in [3.8, 4) is 0 Å². The van der Waals surface area contributed by atoms with Crippen LogP contribution in [0.1, 0.15) is 39.5 Å². The molecule has 2 N–H and O–H groups in total. The van der Waals surface area contributed by atoms with Crippen LogP contribution in [0.3, 0.4) is 0 Å². The molecule has 4 heteroatoms. The van der Waals surface area contributed by atoms with Gasteiger partial charge < -0.3 is 10.6 Å². The highest BCUT2D eigenvalue weighted by molar-refractivity contribution is 5.79. The zero-order chi connectivity index (χ0) is 13.3. The van der Waals surface area contributed by atoms with Crippen LogP contribution in [0.25, 0.3) is 0 Å². The van der Waals surface area contributed by atoms with E-state index in [0.717, 1.165) is 45.3 Å². The van der Waals surface area contributed by atoms with Gasteiger partial charge in [0.15, 0.2) is 0 Å². The summed E-state index contributed by atoms with van der Waals surface area (Å²) >= 11 is 0. The Balaban J connectivity index is 1.97. The lowest BCUT2D eigenvalue weighted by atomic mass is 9.84. The Morgan fingerprint density at radius 2 is 2.00 bits per heavy atom. The number of carbonyl (C=O) groups excluding carboxylic acids is 1. The molecular formula is C14H27N3O. The van der Waals surface area contributed by atoms with Crippen molar-refractivity contribution >= 4 is 5.91 Å². The molecule has 0 radical (unpaired) electrons. The predicted molar refractivity (Wildman–Crippen MR) is 73.2 cm³/mol. The molecule has 104 valence electrons. The van der Waals surface area contributed by atoms with Gasteiger partial charge in [0.05, 0.1) is 0 Å². The van der Waals surface area contributed by atoms with Crippen molar-refractivity contribution in [1.29, 1.82) is 0 Å². The van der Waals surface area contributed by atoms with E-state index in [9.17, 15) is 4.79 Å². The van der Waals surface area contributed by atoms with Crippen LogP contribution in [0.15, 0.2) is 0 Å². The zero-order valence-electron chi connectivity index (χ0n) is 12.0. The van der Waals surface area contributed by atoms with Gasteiger partial charge in [0, 0.05) is 37.1 Å². The summed E-state index contributed by atoms with van der Waals surface area (Å²) in [5, 5.41) is 0. The second-order valence-corrected chi connectivity index (χ2v) is 6.62. The van der Waals surface area contributed by atoms with Gasteiger partial charge in [-0.15, -0.1) is 0 Å². The lowest BCUT2D eigenvalue weighted by Gasteiger charge is -2.46. The van der Waals surface area contributed by atoms with Crippen molar-refractivity contribution in [2.45, 2.75) is 51.1 Å². The number of hydrogen-bond donors (Lipinski definition) is 1. The van der Waals surface area contributed by atoms with Crippen molar-refractivity contribution in [2.75, 3.05) is 26.7 Å². The fourth-order valence-corrected chi connectivity index (χ4v) is 3.14. The van der Waals surface area contributed by atoms with Gasteiger partial charge in [0.2, 0.25) is 5.91 Å². The maximum atomic E-state index is 12.5. The number of rotatable bonds is 1.